The van der Waals surface area contributed by atoms with Gasteiger partial charge in [0.05, 0.1) is 10.3 Å². The molecule has 0 saturated carbocycles. The molecule has 1 N–H and O–H groups in total. The highest BCUT2D eigenvalue weighted by Crippen LogP contribution is 2.20. The lowest BCUT2D eigenvalue weighted by Crippen LogP contribution is -2.30. The molecule has 1 rings (SSSR count). The van der Waals surface area contributed by atoms with Gasteiger partial charge in [0.2, 0.25) is 0 Å². The second-order valence-corrected chi connectivity index (χ2v) is 6.74. The molecule has 0 aliphatic carbocycles. The number of hydrogen-bond donors (Lipinski definition) is 1. The Labute approximate surface area is 106 Å². The fourth-order valence-corrected chi connectivity index (χ4v) is 1.74. The zero-order valence-electron chi connectivity index (χ0n) is 10.5. The van der Waals surface area contributed by atoms with E-state index < -0.39 is 21.2 Å². The first-order chi connectivity index (χ1) is 8.13. The molecule has 0 heterocycles. The summed E-state index contributed by atoms with van der Waals surface area (Å²) < 4.78 is 27.8. The maximum Gasteiger partial charge on any atom is 0.312 e. The quantitative estimate of drug-likeness (QED) is 0.880. The molecular formula is C12H16O5S. The standard InChI is InChI=1S/C12H16O5S/c1-12(2,11(13)14)8-17-9-4-6-10(7-5-9)18(3,15)16/h4-7H,8H2,1-3H3,(H,13,14). The summed E-state index contributed by atoms with van der Waals surface area (Å²) in [6.45, 7) is 3.13. The third-order valence-electron chi connectivity index (χ3n) is 2.43. The number of benzene rings is 1. The Morgan fingerprint density at radius 1 is 1.28 bits per heavy atom. The van der Waals surface area contributed by atoms with E-state index in [4.69, 9.17) is 9.84 Å². The molecule has 100 valence electrons. The third kappa shape index (κ3) is 3.73. The lowest BCUT2D eigenvalue weighted by atomic mass is 9.95. The van der Waals surface area contributed by atoms with Crippen molar-refractivity contribution >= 4 is 15.8 Å². The molecular weight excluding hydrogens is 256 g/mol. The SMILES string of the molecule is CC(C)(COc1ccc(S(C)(=O)=O)cc1)C(=O)O. The van der Waals surface area contributed by atoms with Crippen molar-refractivity contribution in [3.63, 3.8) is 0 Å². The number of carboxylic acids is 1. The van der Waals surface area contributed by atoms with Crippen LogP contribution in [0.2, 0.25) is 0 Å². The molecule has 0 aromatic heterocycles. The minimum absolute atomic E-state index is 0.0144. The Hall–Kier alpha value is -1.56. The number of carboxylic acid groups (broad SMARTS) is 1. The average molecular weight is 272 g/mol. The van der Waals surface area contributed by atoms with Crippen molar-refractivity contribution in [1.29, 1.82) is 0 Å². The Bertz CT molecular complexity index is 528. The average Bonchev–Trinajstić information content (AvgIpc) is 2.25. The van der Waals surface area contributed by atoms with Crippen LogP contribution >= 0.6 is 0 Å². The summed E-state index contributed by atoms with van der Waals surface area (Å²) >= 11 is 0. The molecule has 0 aliphatic heterocycles. The van der Waals surface area contributed by atoms with Crippen molar-refractivity contribution in [3.8, 4) is 5.75 Å². The summed E-state index contributed by atoms with van der Waals surface area (Å²) in [7, 11) is -3.23. The van der Waals surface area contributed by atoms with E-state index in [1.807, 2.05) is 0 Å². The first-order valence-electron chi connectivity index (χ1n) is 5.29. The van der Waals surface area contributed by atoms with Crippen LogP contribution in [0.1, 0.15) is 13.8 Å². The highest BCUT2D eigenvalue weighted by atomic mass is 32.2. The third-order valence-corrected chi connectivity index (χ3v) is 3.56. The predicted octanol–water partition coefficient (Wildman–Crippen LogP) is 1.58. The smallest absolute Gasteiger partial charge is 0.312 e. The van der Waals surface area contributed by atoms with Gasteiger partial charge in [-0.25, -0.2) is 8.42 Å². The molecule has 0 aliphatic rings. The van der Waals surface area contributed by atoms with E-state index in [2.05, 4.69) is 0 Å². The number of aliphatic carboxylic acids is 1. The summed E-state index contributed by atoms with van der Waals surface area (Å²) in [6.07, 6.45) is 1.12. The van der Waals surface area contributed by atoms with Gasteiger partial charge in [0.25, 0.3) is 0 Å². The fraction of sp³-hybridized carbons (Fsp3) is 0.417. The zero-order valence-corrected chi connectivity index (χ0v) is 11.3. The van der Waals surface area contributed by atoms with Crippen LogP contribution in [0, 0.1) is 5.41 Å². The largest absolute Gasteiger partial charge is 0.492 e. The van der Waals surface area contributed by atoms with Crippen LogP contribution in [0.15, 0.2) is 29.2 Å². The first kappa shape index (κ1) is 14.5. The van der Waals surface area contributed by atoms with Crippen molar-refractivity contribution in [2.24, 2.45) is 5.41 Å². The van der Waals surface area contributed by atoms with Gasteiger partial charge in [0, 0.05) is 6.26 Å². The maximum absolute atomic E-state index is 11.2. The number of sulfone groups is 1. The van der Waals surface area contributed by atoms with Crippen LogP contribution in [-0.2, 0) is 14.6 Å². The minimum Gasteiger partial charge on any atom is -0.492 e. The Morgan fingerprint density at radius 3 is 2.17 bits per heavy atom. The van der Waals surface area contributed by atoms with Crippen LogP contribution in [0.3, 0.4) is 0 Å². The number of rotatable bonds is 5. The van der Waals surface area contributed by atoms with Crippen molar-refractivity contribution in [1.82, 2.24) is 0 Å². The molecule has 5 nitrogen and oxygen atoms in total. The molecule has 0 spiro atoms. The molecule has 18 heavy (non-hydrogen) atoms. The Morgan fingerprint density at radius 2 is 1.78 bits per heavy atom. The summed E-state index contributed by atoms with van der Waals surface area (Å²) in [5, 5.41) is 8.91. The molecule has 1 aromatic rings. The van der Waals surface area contributed by atoms with E-state index in [0.29, 0.717) is 5.75 Å². The van der Waals surface area contributed by atoms with E-state index in [-0.39, 0.29) is 11.5 Å². The maximum atomic E-state index is 11.2. The molecule has 0 saturated heterocycles. The van der Waals surface area contributed by atoms with Gasteiger partial charge >= 0.3 is 5.97 Å². The zero-order chi connectivity index (χ0) is 14.0. The second-order valence-electron chi connectivity index (χ2n) is 4.72. The molecule has 0 amide bonds. The summed E-state index contributed by atoms with van der Waals surface area (Å²) in [5.74, 6) is -0.507. The second kappa shape index (κ2) is 4.97. The molecule has 1 aromatic carbocycles. The van der Waals surface area contributed by atoms with Crippen LogP contribution in [-0.4, -0.2) is 32.4 Å². The van der Waals surface area contributed by atoms with Gasteiger partial charge in [-0.15, -0.1) is 0 Å². The molecule has 0 atom stereocenters. The monoisotopic (exact) mass is 272 g/mol. The van der Waals surface area contributed by atoms with Crippen molar-refractivity contribution in [2.45, 2.75) is 18.7 Å². The van der Waals surface area contributed by atoms with Gasteiger partial charge < -0.3 is 9.84 Å². The van der Waals surface area contributed by atoms with Gasteiger partial charge in [0.1, 0.15) is 12.4 Å². The molecule has 0 radical (unpaired) electrons. The lowest BCUT2D eigenvalue weighted by Gasteiger charge is -2.19. The normalized spacial score (nSPS) is 12.2. The number of ether oxygens (including phenoxy) is 1. The van der Waals surface area contributed by atoms with E-state index in [0.717, 1.165) is 6.26 Å². The lowest BCUT2D eigenvalue weighted by molar-refractivity contribution is -0.148. The molecule has 0 fully saturated rings. The van der Waals surface area contributed by atoms with E-state index in [9.17, 15) is 13.2 Å². The highest BCUT2D eigenvalue weighted by Gasteiger charge is 2.28. The Kier molecular flexibility index (Phi) is 4.01. The molecule has 0 bridgehead atoms. The van der Waals surface area contributed by atoms with Gasteiger partial charge in [-0.3, -0.25) is 4.79 Å². The minimum atomic E-state index is -3.23. The van der Waals surface area contributed by atoms with Crippen LogP contribution < -0.4 is 4.74 Å². The van der Waals surface area contributed by atoms with Gasteiger partial charge in [-0.1, -0.05) is 0 Å². The highest BCUT2D eigenvalue weighted by molar-refractivity contribution is 7.90. The first-order valence-corrected chi connectivity index (χ1v) is 7.18. The van der Waals surface area contributed by atoms with Crippen LogP contribution in [0.4, 0.5) is 0 Å². The summed E-state index contributed by atoms with van der Waals surface area (Å²) in [5.41, 5.74) is -0.991. The van der Waals surface area contributed by atoms with E-state index in [1.165, 1.54) is 24.3 Å². The van der Waals surface area contributed by atoms with Crippen molar-refractivity contribution in [2.75, 3.05) is 12.9 Å². The number of carbonyl (C=O) groups is 1. The fourth-order valence-electron chi connectivity index (χ4n) is 1.11. The van der Waals surface area contributed by atoms with Gasteiger partial charge in [-0.2, -0.15) is 0 Å². The van der Waals surface area contributed by atoms with Gasteiger partial charge in [-0.05, 0) is 38.1 Å². The summed E-state index contributed by atoms with van der Waals surface area (Å²) in [4.78, 5) is 11.1. The molecule has 6 heteroatoms. The van der Waals surface area contributed by atoms with Crippen molar-refractivity contribution < 1.29 is 23.1 Å². The van der Waals surface area contributed by atoms with Crippen molar-refractivity contribution in [3.05, 3.63) is 24.3 Å². The Balaban J connectivity index is 2.74. The molecule has 0 unspecified atom stereocenters. The number of hydrogen-bond acceptors (Lipinski definition) is 4. The topological polar surface area (TPSA) is 80.7 Å². The van der Waals surface area contributed by atoms with Crippen LogP contribution in [0.25, 0.3) is 0 Å². The van der Waals surface area contributed by atoms with Gasteiger partial charge in [0.15, 0.2) is 9.84 Å². The predicted molar refractivity (Wildman–Crippen MR) is 66.5 cm³/mol. The van der Waals surface area contributed by atoms with E-state index >= 15 is 0 Å². The van der Waals surface area contributed by atoms with Crippen LogP contribution in [0.5, 0.6) is 5.75 Å². The summed E-state index contributed by atoms with van der Waals surface area (Å²) in [6, 6.07) is 5.87. The van der Waals surface area contributed by atoms with E-state index in [1.54, 1.807) is 13.8 Å².